The first-order valence-corrected chi connectivity index (χ1v) is 13.2. The fraction of sp³-hybridized carbons (Fsp3) is 0.333. The van der Waals surface area contributed by atoms with E-state index in [0.29, 0.717) is 47.6 Å². The summed E-state index contributed by atoms with van der Waals surface area (Å²) in [5.41, 5.74) is 4.43. The Labute approximate surface area is 231 Å². The minimum absolute atomic E-state index is 0.00610. The van der Waals surface area contributed by atoms with Crippen LogP contribution in [-0.2, 0) is 9.59 Å². The molecule has 40 heavy (non-hydrogen) atoms. The van der Waals surface area contributed by atoms with Gasteiger partial charge in [-0.15, -0.1) is 0 Å². The third-order valence-corrected chi connectivity index (χ3v) is 7.88. The first kappa shape index (κ1) is 27.1. The van der Waals surface area contributed by atoms with Gasteiger partial charge in [0, 0.05) is 34.2 Å². The number of carbonyl (C=O) groups is 2. The first-order chi connectivity index (χ1) is 19.2. The molecule has 2 atom stereocenters. The molecule has 10 heteroatoms. The van der Waals surface area contributed by atoms with Crippen molar-refractivity contribution in [3.63, 3.8) is 0 Å². The summed E-state index contributed by atoms with van der Waals surface area (Å²) in [6.07, 6.45) is 4.28. The number of hydrogen-bond donors (Lipinski definition) is 4. The third-order valence-electron chi connectivity index (χ3n) is 7.88. The van der Waals surface area contributed by atoms with Crippen LogP contribution in [0.4, 0.5) is 10.1 Å². The number of amides is 2. The number of aromatic amines is 1. The standard InChI is InChI=1S/C30H32FN5O4/c1-5-16(2)22(14-37)28(38)34-27(26-21-8-6-19(31)12-24(21)40-15-30(26)10-11-30)29(39)33-20-7-9-23(32-13-20)25-17(3)35-36-18(25)4/h6-9,12-14,26-27,37H,2,5,10-11,15H2,1,3-4H3,(H,33,39)(H,34,38)(H,35,36)/b22-14+. The van der Waals surface area contributed by atoms with Crippen LogP contribution < -0.4 is 15.4 Å². The van der Waals surface area contributed by atoms with Crippen LogP contribution in [0.15, 0.2) is 60.5 Å². The molecule has 1 aromatic carbocycles. The van der Waals surface area contributed by atoms with E-state index in [2.05, 4.69) is 32.4 Å². The topological polar surface area (TPSA) is 129 Å². The molecular weight excluding hydrogens is 513 g/mol. The Morgan fingerprint density at radius 3 is 2.67 bits per heavy atom. The van der Waals surface area contributed by atoms with Gasteiger partial charge in [0.05, 0.1) is 41.7 Å². The molecule has 1 saturated carbocycles. The van der Waals surface area contributed by atoms with Gasteiger partial charge >= 0.3 is 0 Å². The number of halogens is 1. The fourth-order valence-electron chi connectivity index (χ4n) is 5.46. The quantitative estimate of drug-likeness (QED) is 0.179. The van der Waals surface area contributed by atoms with Gasteiger partial charge in [-0.2, -0.15) is 5.10 Å². The van der Waals surface area contributed by atoms with Crippen molar-refractivity contribution in [3.8, 4) is 17.0 Å². The zero-order valence-corrected chi connectivity index (χ0v) is 22.7. The number of aliphatic hydroxyl groups is 1. The second-order valence-electron chi connectivity index (χ2n) is 10.5. The number of aryl methyl sites for hydroxylation is 2. The number of nitrogens with zero attached hydrogens (tertiary/aromatic N) is 2. The van der Waals surface area contributed by atoms with Crippen molar-refractivity contribution in [1.29, 1.82) is 0 Å². The van der Waals surface area contributed by atoms with Crippen molar-refractivity contribution in [1.82, 2.24) is 20.5 Å². The second kappa shape index (κ2) is 10.6. The lowest BCUT2D eigenvalue weighted by Crippen LogP contribution is -2.52. The Kier molecular flexibility index (Phi) is 7.18. The van der Waals surface area contributed by atoms with Crippen molar-refractivity contribution >= 4 is 17.5 Å². The number of anilines is 1. The molecule has 1 aliphatic heterocycles. The smallest absolute Gasteiger partial charge is 0.255 e. The molecular formula is C30H32FN5O4. The number of aliphatic hydroxyl groups excluding tert-OH is 1. The van der Waals surface area contributed by atoms with E-state index < -0.39 is 29.6 Å². The van der Waals surface area contributed by atoms with E-state index in [1.54, 1.807) is 24.4 Å². The monoisotopic (exact) mass is 545 g/mol. The van der Waals surface area contributed by atoms with Gasteiger partial charge in [0.15, 0.2) is 0 Å². The number of fused-ring (bicyclic) bond motifs is 1. The van der Waals surface area contributed by atoms with E-state index in [4.69, 9.17) is 4.74 Å². The van der Waals surface area contributed by atoms with Gasteiger partial charge in [-0.05, 0) is 56.9 Å². The Bertz CT molecular complexity index is 1490. The van der Waals surface area contributed by atoms with Gasteiger partial charge in [-0.1, -0.05) is 19.6 Å². The van der Waals surface area contributed by atoms with Gasteiger partial charge in [0.1, 0.15) is 17.6 Å². The van der Waals surface area contributed by atoms with E-state index in [1.165, 1.54) is 12.1 Å². The number of hydrogen-bond acceptors (Lipinski definition) is 6. The molecule has 2 amide bonds. The summed E-state index contributed by atoms with van der Waals surface area (Å²) in [5, 5.41) is 22.7. The van der Waals surface area contributed by atoms with E-state index in [-0.39, 0.29) is 11.0 Å². The summed E-state index contributed by atoms with van der Waals surface area (Å²) in [5.74, 6) is -1.68. The summed E-state index contributed by atoms with van der Waals surface area (Å²) in [6.45, 7) is 9.77. The lowest BCUT2D eigenvalue weighted by atomic mass is 9.75. The number of rotatable bonds is 8. The van der Waals surface area contributed by atoms with E-state index in [0.717, 1.165) is 29.8 Å². The SMILES string of the molecule is C=C(CC)/C(=C\O)C(=O)NC(C(=O)Nc1ccc(-c2c(C)n[nH]c2C)nc1)C1c2ccc(F)cc2OCC12CC2. The highest BCUT2D eigenvalue weighted by Crippen LogP contribution is 2.61. The van der Waals surface area contributed by atoms with Gasteiger partial charge in [-0.25, -0.2) is 4.39 Å². The van der Waals surface area contributed by atoms with Crippen LogP contribution in [-0.4, -0.2) is 44.8 Å². The average molecular weight is 546 g/mol. The van der Waals surface area contributed by atoms with Crippen molar-refractivity contribution in [2.75, 3.05) is 11.9 Å². The van der Waals surface area contributed by atoms with Crippen molar-refractivity contribution in [2.24, 2.45) is 5.41 Å². The molecule has 2 aromatic heterocycles. The molecule has 208 valence electrons. The molecule has 2 unspecified atom stereocenters. The number of carbonyl (C=O) groups excluding carboxylic acids is 2. The minimum atomic E-state index is -1.05. The number of ether oxygens (including phenoxy) is 1. The lowest BCUT2D eigenvalue weighted by molar-refractivity contribution is -0.125. The van der Waals surface area contributed by atoms with Crippen LogP contribution in [0.5, 0.6) is 5.75 Å². The summed E-state index contributed by atoms with van der Waals surface area (Å²) in [4.78, 5) is 31.8. The van der Waals surface area contributed by atoms with Crippen LogP contribution in [0.3, 0.4) is 0 Å². The molecule has 3 aromatic rings. The maximum atomic E-state index is 14.1. The highest BCUT2D eigenvalue weighted by molar-refractivity contribution is 6.03. The van der Waals surface area contributed by atoms with Crippen LogP contribution >= 0.6 is 0 Å². The Morgan fingerprint density at radius 1 is 1.30 bits per heavy atom. The maximum Gasteiger partial charge on any atom is 0.255 e. The van der Waals surface area contributed by atoms with Crippen molar-refractivity contribution in [2.45, 2.75) is 52.0 Å². The average Bonchev–Trinajstić information content (AvgIpc) is 3.63. The van der Waals surface area contributed by atoms with Gasteiger partial charge in [-0.3, -0.25) is 19.7 Å². The zero-order valence-electron chi connectivity index (χ0n) is 22.7. The summed E-state index contributed by atoms with van der Waals surface area (Å²) in [6, 6.07) is 6.72. The van der Waals surface area contributed by atoms with Gasteiger partial charge in [0.25, 0.3) is 5.91 Å². The number of benzene rings is 1. The molecule has 1 aliphatic carbocycles. The largest absolute Gasteiger partial charge is 0.515 e. The van der Waals surface area contributed by atoms with Crippen LogP contribution in [0.2, 0.25) is 0 Å². The molecule has 1 spiro atoms. The molecule has 0 radical (unpaired) electrons. The highest BCUT2D eigenvalue weighted by atomic mass is 19.1. The predicted octanol–water partition coefficient (Wildman–Crippen LogP) is 5.02. The summed E-state index contributed by atoms with van der Waals surface area (Å²) >= 11 is 0. The molecule has 4 N–H and O–H groups in total. The molecule has 0 bridgehead atoms. The lowest BCUT2D eigenvalue weighted by Gasteiger charge is -2.38. The summed E-state index contributed by atoms with van der Waals surface area (Å²) < 4.78 is 20.0. The predicted molar refractivity (Wildman–Crippen MR) is 148 cm³/mol. The van der Waals surface area contributed by atoms with E-state index in [9.17, 15) is 19.1 Å². The zero-order chi connectivity index (χ0) is 28.6. The Hall–Kier alpha value is -4.47. The minimum Gasteiger partial charge on any atom is -0.515 e. The third kappa shape index (κ3) is 4.97. The van der Waals surface area contributed by atoms with Crippen LogP contribution in [0, 0.1) is 25.1 Å². The summed E-state index contributed by atoms with van der Waals surface area (Å²) in [7, 11) is 0. The van der Waals surface area contributed by atoms with E-state index >= 15 is 0 Å². The molecule has 2 aliphatic rings. The van der Waals surface area contributed by atoms with Crippen molar-refractivity contribution in [3.05, 3.63) is 83.3 Å². The van der Waals surface area contributed by atoms with E-state index in [1.807, 2.05) is 20.8 Å². The Morgan fingerprint density at radius 2 is 2.08 bits per heavy atom. The van der Waals surface area contributed by atoms with Crippen LogP contribution in [0.25, 0.3) is 11.3 Å². The second-order valence-corrected chi connectivity index (χ2v) is 10.5. The molecule has 1 fully saturated rings. The first-order valence-electron chi connectivity index (χ1n) is 13.2. The van der Waals surface area contributed by atoms with Gasteiger partial charge < -0.3 is 20.5 Å². The number of pyridine rings is 1. The number of aromatic nitrogens is 3. The molecule has 3 heterocycles. The van der Waals surface area contributed by atoms with Crippen molar-refractivity contribution < 1.29 is 23.8 Å². The van der Waals surface area contributed by atoms with Crippen LogP contribution in [0.1, 0.15) is 49.1 Å². The molecule has 9 nitrogen and oxygen atoms in total. The van der Waals surface area contributed by atoms with Gasteiger partial charge in [0.2, 0.25) is 5.91 Å². The normalized spacial score (nSPS) is 17.9. The highest BCUT2D eigenvalue weighted by Gasteiger charge is 2.58. The Balaban J connectivity index is 1.48. The molecule has 5 rings (SSSR count). The fourth-order valence-corrected chi connectivity index (χ4v) is 5.46. The number of nitrogens with one attached hydrogen (secondary N) is 3. The maximum absolute atomic E-state index is 14.1. The molecule has 0 saturated heterocycles. The number of H-pyrrole nitrogens is 1.